The van der Waals surface area contributed by atoms with Gasteiger partial charge in [0, 0.05) is 24.5 Å². The highest BCUT2D eigenvalue weighted by molar-refractivity contribution is 9.10. The molecule has 1 fully saturated rings. The van der Waals surface area contributed by atoms with Crippen LogP contribution in [0.2, 0.25) is 0 Å². The predicted octanol–water partition coefficient (Wildman–Crippen LogP) is 2.36. The number of fused-ring (bicyclic) bond motifs is 2. The Labute approximate surface area is 104 Å². The van der Waals surface area contributed by atoms with Crippen molar-refractivity contribution in [2.24, 2.45) is 0 Å². The van der Waals surface area contributed by atoms with Crippen molar-refractivity contribution >= 4 is 15.9 Å². The largest absolute Gasteiger partial charge is 0.296 e. The fraction of sp³-hybridized carbons (Fsp3) is 0.500. The van der Waals surface area contributed by atoms with Crippen LogP contribution in [0.15, 0.2) is 29.0 Å². The molecule has 0 amide bonds. The van der Waals surface area contributed by atoms with Crippen LogP contribution >= 0.6 is 15.9 Å². The molecule has 1 saturated heterocycles. The van der Waals surface area contributed by atoms with E-state index in [0.717, 1.165) is 10.3 Å². The Morgan fingerprint density at radius 2 is 2.00 bits per heavy atom. The quantitative estimate of drug-likeness (QED) is 0.739. The van der Waals surface area contributed by atoms with Crippen LogP contribution in [-0.2, 0) is 0 Å². The first kappa shape index (κ1) is 10.4. The number of hydrogen-bond acceptors (Lipinski definition) is 3. The van der Waals surface area contributed by atoms with E-state index in [2.05, 4.69) is 50.0 Å². The summed E-state index contributed by atoms with van der Waals surface area (Å²) in [5.74, 6) is 1.30. The second kappa shape index (κ2) is 3.93. The normalized spacial score (nSPS) is 33.2. The summed E-state index contributed by atoms with van der Waals surface area (Å²) in [6, 6.07) is 1.22. The van der Waals surface area contributed by atoms with Crippen molar-refractivity contribution in [3.8, 4) is 0 Å². The molecule has 3 nitrogen and oxygen atoms in total. The summed E-state index contributed by atoms with van der Waals surface area (Å²) in [5.41, 5.74) is 0. The molecule has 0 N–H and O–H groups in total. The van der Waals surface area contributed by atoms with Gasteiger partial charge in [-0.05, 0) is 35.8 Å². The minimum absolute atomic E-state index is 0.358. The summed E-state index contributed by atoms with van der Waals surface area (Å²) in [6.07, 6.45) is 10.8. The van der Waals surface area contributed by atoms with E-state index in [-0.39, 0.29) is 0 Å². The van der Waals surface area contributed by atoms with Crippen LogP contribution in [0.5, 0.6) is 0 Å². The molecule has 3 unspecified atom stereocenters. The lowest BCUT2D eigenvalue weighted by Gasteiger charge is -2.32. The van der Waals surface area contributed by atoms with Crippen molar-refractivity contribution in [1.29, 1.82) is 0 Å². The van der Waals surface area contributed by atoms with E-state index in [1.807, 2.05) is 12.4 Å². The number of likely N-dealkylation sites (N-methyl/N-ethyl adjacent to an activating group) is 1. The molecule has 0 saturated carbocycles. The molecule has 2 aliphatic heterocycles. The Kier molecular flexibility index (Phi) is 2.56. The number of hydrogen-bond donors (Lipinski definition) is 0. The molecular formula is C12H14BrN3. The predicted molar refractivity (Wildman–Crippen MR) is 66.2 cm³/mol. The first-order valence-corrected chi connectivity index (χ1v) is 6.43. The maximum absolute atomic E-state index is 4.42. The van der Waals surface area contributed by atoms with Crippen molar-refractivity contribution in [2.45, 2.75) is 30.8 Å². The number of nitrogens with zero attached hydrogens (tertiary/aromatic N) is 3. The van der Waals surface area contributed by atoms with Crippen LogP contribution < -0.4 is 0 Å². The minimum atomic E-state index is 0.358. The van der Waals surface area contributed by atoms with Gasteiger partial charge in [-0.1, -0.05) is 12.2 Å². The van der Waals surface area contributed by atoms with Crippen molar-refractivity contribution < 1.29 is 0 Å². The maximum Gasteiger partial charge on any atom is 0.136 e. The molecule has 2 aliphatic rings. The third kappa shape index (κ3) is 1.60. The highest BCUT2D eigenvalue weighted by Crippen LogP contribution is 2.37. The molecule has 0 radical (unpaired) electrons. The van der Waals surface area contributed by atoms with Gasteiger partial charge in [-0.15, -0.1) is 0 Å². The van der Waals surface area contributed by atoms with Crippen molar-refractivity contribution in [2.75, 3.05) is 7.05 Å². The van der Waals surface area contributed by atoms with E-state index in [0.29, 0.717) is 18.0 Å². The van der Waals surface area contributed by atoms with Crippen LogP contribution in [0.25, 0.3) is 0 Å². The van der Waals surface area contributed by atoms with E-state index >= 15 is 0 Å². The summed E-state index contributed by atoms with van der Waals surface area (Å²) in [4.78, 5) is 11.3. The molecule has 1 aromatic rings. The topological polar surface area (TPSA) is 29.0 Å². The van der Waals surface area contributed by atoms with Gasteiger partial charge in [-0.25, -0.2) is 9.97 Å². The Hall–Kier alpha value is -0.740. The van der Waals surface area contributed by atoms with Crippen molar-refractivity contribution in [3.63, 3.8) is 0 Å². The smallest absolute Gasteiger partial charge is 0.136 e. The molecule has 84 valence electrons. The first-order chi connectivity index (χ1) is 7.75. The van der Waals surface area contributed by atoms with Gasteiger partial charge < -0.3 is 0 Å². The Bertz CT molecular complexity index is 415. The highest BCUT2D eigenvalue weighted by atomic mass is 79.9. The van der Waals surface area contributed by atoms with Gasteiger partial charge >= 0.3 is 0 Å². The molecule has 0 aliphatic carbocycles. The second-order valence-electron chi connectivity index (χ2n) is 4.55. The molecule has 3 heterocycles. The SMILES string of the molecule is CN1C2C=CC(c3ncc(Br)cn3)C1CC2. The standard InChI is InChI=1S/C12H14BrN3/c1-16-9-2-4-10(11(16)5-3-9)12-14-6-8(13)7-15-12/h2,4,6-7,9-11H,3,5H2,1H3. The molecule has 3 rings (SSSR count). The number of rotatable bonds is 1. The Balaban J connectivity index is 1.93. The summed E-state index contributed by atoms with van der Waals surface area (Å²) in [6.45, 7) is 0. The summed E-state index contributed by atoms with van der Waals surface area (Å²) >= 11 is 3.37. The van der Waals surface area contributed by atoms with Crippen LogP contribution in [0.3, 0.4) is 0 Å². The zero-order chi connectivity index (χ0) is 11.1. The Morgan fingerprint density at radius 3 is 2.75 bits per heavy atom. The fourth-order valence-corrected chi connectivity index (χ4v) is 2.99. The van der Waals surface area contributed by atoms with Crippen LogP contribution in [-0.4, -0.2) is 34.0 Å². The maximum atomic E-state index is 4.42. The minimum Gasteiger partial charge on any atom is -0.296 e. The first-order valence-electron chi connectivity index (χ1n) is 5.63. The summed E-state index contributed by atoms with van der Waals surface area (Å²) in [5, 5.41) is 0. The molecule has 2 bridgehead atoms. The molecule has 0 aromatic carbocycles. The Morgan fingerprint density at radius 1 is 1.25 bits per heavy atom. The van der Waals surface area contributed by atoms with E-state index in [1.165, 1.54) is 12.8 Å². The zero-order valence-electron chi connectivity index (χ0n) is 9.18. The van der Waals surface area contributed by atoms with Crippen molar-refractivity contribution in [1.82, 2.24) is 14.9 Å². The van der Waals surface area contributed by atoms with Gasteiger partial charge in [0.25, 0.3) is 0 Å². The van der Waals surface area contributed by atoms with E-state index in [1.54, 1.807) is 0 Å². The molecule has 4 heteroatoms. The van der Waals surface area contributed by atoms with Gasteiger partial charge in [0.15, 0.2) is 0 Å². The molecule has 3 atom stereocenters. The average molecular weight is 280 g/mol. The third-order valence-corrected chi connectivity index (χ3v) is 4.11. The lowest BCUT2D eigenvalue weighted by molar-refractivity contribution is 0.238. The van der Waals surface area contributed by atoms with Crippen LogP contribution in [0.1, 0.15) is 24.6 Å². The highest BCUT2D eigenvalue weighted by Gasteiger charge is 2.38. The molecule has 1 aromatic heterocycles. The van der Waals surface area contributed by atoms with Crippen LogP contribution in [0, 0.1) is 0 Å². The van der Waals surface area contributed by atoms with E-state index in [9.17, 15) is 0 Å². The van der Waals surface area contributed by atoms with Crippen molar-refractivity contribution in [3.05, 3.63) is 34.8 Å². The van der Waals surface area contributed by atoms with Gasteiger partial charge in [0.05, 0.1) is 10.4 Å². The molecule has 0 spiro atoms. The second-order valence-corrected chi connectivity index (χ2v) is 5.46. The number of halogens is 1. The monoisotopic (exact) mass is 279 g/mol. The molecular weight excluding hydrogens is 266 g/mol. The lowest BCUT2D eigenvalue weighted by atomic mass is 9.95. The van der Waals surface area contributed by atoms with E-state index < -0.39 is 0 Å². The van der Waals surface area contributed by atoms with Gasteiger partial charge in [-0.3, -0.25) is 4.90 Å². The third-order valence-electron chi connectivity index (χ3n) is 3.70. The zero-order valence-corrected chi connectivity index (χ0v) is 10.8. The molecule has 16 heavy (non-hydrogen) atoms. The number of aromatic nitrogens is 2. The summed E-state index contributed by atoms with van der Waals surface area (Å²) in [7, 11) is 2.21. The van der Waals surface area contributed by atoms with E-state index in [4.69, 9.17) is 0 Å². The lowest BCUT2D eigenvalue weighted by Crippen LogP contribution is -2.38. The average Bonchev–Trinajstić information content (AvgIpc) is 2.52. The van der Waals surface area contributed by atoms with Gasteiger partial charge in [-0.2, -0.15) is 0 Å². The summed E-state index contributed by atoms with van der Waals surface area (Å²) < 4.78 is 0.939. The van der Waals surface area contributed by atoms with Gasteiger partial charge in [0.1, 0.15) is 5.82 Å². The fourth-order valence-electron chi connectivity index (χ4n) is 2.79. The van der Waals surface area contributed by atoms with Crippen LogP contribution in [0.4, 0.5) is 0 Å². The van der Waals surface area contributed by atoms with Gasteiger partial charge in [0.2, 0.25) is 0 Å².